The van der Waals surface area contributed by atoms with E-state index in [4.69, 9.17) is 22.3 Å². The zero-order chi connectivity index (χ0) is 14.4. The molecular weight excluding hydrogens is 323 g/mol. The Bertz CT molecular complexity index is 650. The summed E-state index contributed by atoms with van der Waals surface area (Å²) in [6.07, 6.45) is -0.318. The number of hydrogen-bond acceptors (Lipinski definition) is 3. The lowest BCUT2D eigenvalue weighted by atomic mass is 10.2. The van der Waals surface area contributed by atoms with Crippen LogP contribution in [0.25, 0.3) is 0 Å². The predicted molar refractivity (Wildman–Crippen MR) is 66.9 cm³/mol. The van der Waals surface area contributed by atoms with Gasteiger partial charge in [0.15, 0.2) is 11.6 Å². The van der Waals surface area contributed by atoms with Crippen LogP contribution in [0.15, 0.2) is 12.1 Å². The molecule has 19 heavy (non-hydrogen) atoms. The summed E-state index contributed by atoms with van der Waals surface area (Å²) in [5.41, 5.74) is -0.0756. The highest BCUT2D eigenvalue weighted by atomic mass is 35.7. The van der Waals surface area contributed by atoms with Crippen molar-refractivity contribution in [1.29, 1.82) is 0 Å². The molecule has 2 rings (SSSR count). The summed E-state index contributed by atoms with van der Waals surface area (Å²) in [5.74, 6) is -2.89. The largest absolute Gasteiger partial charge is 0.309 e. The minimum Gasteiger partial charge on any atom is -0.309 e. The lowest BCUT2D eigenvalue weighted by molar-refractivity contribution is -0.117. The van der Waals surface area contributed by atoms with E-state index in [0.717, 1.165) is 17.0 Å². The van der Waals surface area contributed by atoms with Gasteiger partial charge in [0.1, 0.15) is 5.25 Å². The number of hydrogen-bond donors (Lipinski definition) is 0. The highest BCUT2D eigenvalue weighted by molar-refractivity contribution is 8.14. The number of halogens is 4. The molecule has 1 aliphatic rings. The van der Waals surface area contributed by atoms with Gasteiger partial charge in [0.25, 0.3) is 0 Å². The standard InChI is InChI=1S/C10H7Cl2F2NO3S/c11-6-2-7(13)8(14)3-9(6)15-4-5(1-10(15)16)19(12,17)18/h2-3,5H,1,4H2. The van der Waals surface area contributed by atoms with Crippen molar-refractivity contribution < 1.29 is 22.0 Å². The van der Waals surface area contributed by atoms with E-state index < -0.39 is 31.8 Å². The van der Waals surface area contributed by atoms with Gasteiger partial charge in [-0.25, -0.2) is 17.2 Å². The molecule has 1 heterocycles. The van der Waals surface area contributed by atoms with E-state index >= 15 is 0 Å². The summed E-state index contributed by atoms with van der Waals surface area (Å²) in [7, 11) is 1.27. The molecule has 4 nitrogen and oxygen atoms in total. The quantitative estimate of drug-likeness (QED) is 0.618. The molecule has 0 spiro atoms. The third-order valence-electron chi connectivity index (χ3n) is 2.77. The highest BCUT2D eigenvalue weighted by Crippen LogP contribution is 2.33. The molecule has 1 atom stereocenters. The molecule has 1 aliphatic heterocycles. The number of nitrogens with zero attached hydrogens (tertiary/aromatic N) is 1. The van der Waals surface area contributed by atoms with Gasteiger partial charge in [-0.2, -0.15) is 0 Å². The zero-order valence-electron chi connectivity index (χ0n) is 9.24. The summed E-state index contributed by atoms with van der Waals surface area (Å²) >= 11 is 5.73. The highest BCUT2D eigenvalue weighted by Gasteiger charge is 2.38. The fourth-order valence-corrected chi connectivity index (χ4v) is 3.09. The van der Waals surface area contributed by atoms with E-state index in [2.05, 4.69) is 0 Å². The number of benzene rings is 1. The average molecular weight is 330 g/mol. The van der Waals surface area contributed by atoms with Crippen LogP contribution in [0.2, 0.25) is 5.02 Å². The Labute approximate surface area is 117 Å². The lowest BCUT2D eigenvalue weighted by Crippen LogP contribution is -2.27. The van der Waals surface area contributed by atoms with Gasteiger partial charge >= 0.3 is 0 Å². The minimum absolute atomic E-state index is 0.0756. The number of carbonyl (C=O) groups is 1. The molecule has 1 saturated heterocycles. The Kier molecular flexibility index (Phi) is 3.72. The maximum Gasteiger partial charge on any atom is 0.237 e. The van der Waals surface area contributed by atoms with Crippen molar-refractivity contribution in [1.82, 2.24) is 0 Å². The van der Waals surface area contributed by atoms with Gasteiger partial charge in [-0.1, -0.05) is 11.6 Å². The van der Waals surface area contributed by atoms with Gasteiger partial charge in [0.2, 0.25) is 15.0 Å². The summed E-state index contributed by atoms with van der Waals surface area (Å²) < 4.78 is 48.4. The second-order valence-electron chi connectivity index (χ2n) is 4.02. The van der Waals surface area contributed by atoms with E-state index in [1.165, 1.54) is 0 Å². The minimum atomic E-state index is -3.91. The average Bonchev–Trinajstić information content (AvgIpc) is 2.65. The van der Waals surface area contributed by atoms with E-state index in [9.17, 15) is 22.0 Å². The molecule has 0 N–H and O–H groups in total. The van der Waals surface area contributed by atoms with Crippen molar-refractivity contribution >= 4 is 42.9 Å². The summed E-state index contributed by atoms with van der Waals surface area (Å²) in [5, 5.41) is -1.27. The summed E-state index contributed by atoms with van der Waals surface area (Å²) in [6, 6.07) is 1.47. The first-order valence-electron chi connectivity index (χ1n) is 5.08. The van der Waals surface area contributed by atoms with Crippen LogP contribution in [-0.4, -0.2) is 26.1 Å². The molecule has 1 amide bonds. The van der Waals surface area contributed by atoms with E-state index in [-0.39, 0.29) is 23.7 Å². The van der Waals surface area contributed by atoms with Crippen molar-refractivity contribution in [2.24, 2.45) is 0 Å². The van der Waals surface area contributed by atoms with Gasteiger partial charge in [-0.3, -0.25) is 4.79 Å². The molecule has 1 aromatic rings. The first-order valence-corrected chi connectivity index (χ1v) is 7.83. The van der Waals surface area contributed by atoms with Crippen molar-refractivity contribution in [3.05, 3.63) is 28.8 Å². The maximum absolute atomic E-state index is 13.2. The predicted octanol–water partition coefficient (Wildman–Crippen LogP) is 2.29. The Morgan fingerprint density at radius 1 is 1.26 bits per heavy atom. The summed E-state index contributed by atoms with van der Waals surface area (Å²) in [6.45, 7) is -0.241. The molecular formula is C10H7Cl2F2NO3S. The third-order valence-corrected chi connectivity index (χ3v) is 4.94. The molecule has 0 bridgehead atoms. The number of anilines is 1. The van der Waals surface area contributed by atoms with Gasteiger partial charge < -0.3 is 4.90 Å². The number of rotatable bonds is 2. The van der Waals surface area contributed by atoms with Gasteiger partial charge in [0.05, 0.1) is 10.7 Å². The zero-order valence-corrected chi connectivity index (χ0v) is 11.6. The Morgan fingerprint density at radius 3 is 2.37 bits per heavy atom. The monoisotopic (exact) mass is 329 g/mol. The van der Waals surface area contributed by atoms with Crippen LogP contribution in [0.1, 0.15) is 6.42 Å². The van der Waals surface area contributed by atoms with Crippen LogP contribution in [0.4, 0.5) is 14.5 Å². The Morgan fingerprint density at radius 2 is 1.84 bits per heavy atom. The smallest absolute Gasteiger partial charge is 0.237 e. The first-order chi connectivity index (χ1) is 8.70. The second kappa shape index (κ2) is 4.88. The lowest BCUT2D eigenvalue weighted by Gasteiger charge is -2.17. The fraction of sp³-hybridized carbons (Fsp3) is 0.300. The van der Waals surface area contributed by atoms with Crippen LogP contribution in [0.3, 0.4) is 0 Å². The fourth-order valence-electron chi connectivity index (χ4n) is 1.82. The topological polar surface area (TPSA) is 54.5 Å². The molecule has 0 aliphatic carbocycles. The second-order valence-corrected chi connectivity index (χ2v) is 7.34. The van der Waals surface area contributed by atoms with Gasteiger partial charge in [-0.15, -0.1) is 0 Å². The van der Waals surface area contributed by atoms with Gasteiger partial charge in [0, 0.05) is 29.7 Å². The van der Waals surface area contributed by atoms with Gasteiger partial charge in [-0.05, 0) is 6.07 Å². The maximum atomic E-state index is 13.2. The molecule has 1 fully saturated rings. The Hall–Kier alpha value is -0.920. The van der Waals surface area contributed by atoms with Crippen LogP contribution in [0.5, 0.6) is 0 Å². The van der Waals surface area contributed by atoms with E-state index in [1.807, 2.05) is 0 Å². The molecule has 0 radical (unpaired) electrons. The normalized spacial score (nSPS) is 20.1. The number of carbonyl (C=O) groups excluding carboxylic acids is 1. The first kappa shape index (κ1) is 14.5. The van der Waals surface area contributed by atoms with Crippen molar-refractivity contribution in [3.8, 4) is 0 Å². The molecule has 1 aromatic carbocycles. The Balaban J connectivity index is 2.39. The molecule has 104 valence electrons. The molecule has 9 heteroatoms. The number of amides is 1. The van der Waals surface area contributed by atoms with E-state index in [0.29, 0.717) is 0 Å². The van der Waals surface area contributed by atoms with Crippen LogP contribution in [-0.2, 0) is 13.8 Å². The van der Waals surface area contributed by atoms with Crippen molar-refractivity contribution in [2.45, 2.75) is 11.7 Å². The van der Waals surface area contributed by atoms with Crippen molar-refractivity contribution in [2.75, 3.05) is 11.4 Å². The van der Waals surface area contributed by atoms with Crippen LogP contribution >= 0.6 is 22.3 Å². The van der Waals surface area contributed by atoms with E-state index in [1.54, 1.807) is 0 Å². The summed E-state index contributed by atoms with van der Waals surface area (Å²) in [4.78, 5) is 12.7. The van der Waals surface area contributed by atoms with Crippen LogP contribution < -0.4 is 4.90 Å². The molecule has 0 aromatic heterocycles. The SMILES string of the molecule is O=C1CC(S(=O)(=O)Cl)CN1c1cc(F)c(F)cc1Cl. The third kappa shape index (κ3) is 2.82. The molecule has 1 unspecified atom stereocenters. The van der Waals surface area contributed by atoms with Crippen LogP contribution in [0, 0.1) is 11.6 Å². The van der Waals surface area contributed by atoms with Crippen molar-refractivity contribution in [3.63, 3.8) is 0 Å². The molecule has 0 saturated carbocycles.